The molecule has 0 aliphatic heterocycles. The molecule has 0 bridgehead atoms. The average molecular weight is 291 g/mol. The largest absolute Gasteiger partial charge is 0.478 e. The van der Waals surface area contributed by atoms with E-state index in [0.717, 1.165) is 5.56 Å². The van der Waals surface area contributed by atoms with Gasteiger partial charge in [-0.3, -0.25) is 0 Å². The second-order valence-corrected chi connectivity index (χ2v) is 5.29. The van der Waals surface area contributed by atoms with Gasteiger partial charge in [0.2, 0.25) is 0 Å². The summed E-state index contributed by atoms with van der Waals surface area (Å²) in [6.45, 7) is 2.04. The van der Waals surface area contributed by atoms with Crippen molar-refractivity contribution in [3.8, 4) is 0 Å². The molecule has 0 amide bonds. The number of para-hydroxylation sites is 1. The summed E-state index contributed by atoms with van der Waals surface area (Å²) in [5.41, 5.74) is 2.07. The number of anilines is 1. The zero-order valence-corrected chi connectivity index (χ0v) is 12.3. The van der Waals surface area contributed by atoms with Crippen LogP contribution in [0.25, 0.3) is 10.8 Å². The number of hydrogen-bond acceptors (Lipinski definition) is 2. The summed E-state index contributed by atoms with van der Waals surface area (Å²) in [4.78, 5) is 11.3. The van der Waals surface area contributed by atoms with E-state index >= 15 is 0 Å². The van der Waals surface area contributed by atoms with Gasteiger partial charge in [0.25, 0.3) is 0 Å². The molecule has 3 heteroatoms. The van der Waals surface area contributed by atoms with Crippen molar-refractivity contribution in [1.29, 1.82) is 0 Å². The van der Waals surface area contributed by atoms with Crippen LogP contribution in [0.15, 0.2) is 66.7 Å². The minimum Gasteiger partial charge on any atom is -0.478 e. The van der Waals surface area contributed by atoms with Gasteiger partial charge in [-0.05, 0) is 35.4 Å². The van der Waals surface area contributed by atoms with E-state index in [9.17, 15) is 9.90 Å². The minimum absolute atomic E-state index is 0.00611. The number of carboxylic acids is 1. The molecule has 0 spiro atoms. The lowest BCUT2D eigenvalue weighted by Crippen LogP contribution is -2.11. The predicted octanol–water partition coefficient (Wildman–Crippen LogP) is 4.71. The van der Waals surface area contributed by atoms with Crippen molar-refractivity contribution in [2.45, 2.75) is 13.0 Å². The van der Waals surface area contributed by atoms with Crippen LogP contribution < -0.4 is 5.32 Å². The van der Waals surface area contributed by atoms with Crippen molar-refractivity contribution in [2.24, 2.45) is 0 Å². The number of fused-ring (bicyclic) bond motifs is 1. The van der Waals surface area contributed by atoms with Gasteiger partial charge in [0.1, 0.15) is 0 Å². The summed E-state index contributed by atoms with van der Waals surface area (Å²) in [7, 11) is 0. The lowest BCUT2D eigenvalue weighted by Gasteiger charge is -2.19. The zero-order chi connectivity index (χ0) is 15.5. The Balaban J connectivity index is 1.98. The highest BCUT2D eigenvalue weighted by atomic mass is 16.4. The van der Waals surface area contributed by atoms with Crippen LogP contribution in [0, 0.1) is 0 Å². The molecule has 22 heavy (non-hydrogen) atoms. The Bertz CT molecular complexity index is 821. The summed E-state index contributed by atoms with van der Waals surface area (Å²) < 4.78 is 0. The maximum absolute atomic E-state index is 11.3. The molecule has 0 aliphatic carbocycles. The van der Waals surface area contributed by atoms with Gasteiger partial charge < -0.3 is 10.4 Å². The van der Waals surface area contributed by atoms with Crippen molar-refractivity contribution >= 4 is 22.4 Å². The van der Waals surface area contributed by atoms with E-state index in [1.165, 1.54) is 10.8 Å². The first-order valence-electron chi connectivity index (χ1n) is 7.23. The third-order valence-electron chi connectivity index (χ3n) is 3.82. The number of hydrogen-bond donors (Lipinski definition) is 2. The van der Waals surface area contributed by atoms with Crippen molar-refractivity contribution in [3.63, 3.8) is 0 Å². The van der Waals surface area contributed by atoms with E-state index in [0.29, 0.717) is 5.69 Å². The molecule has 0 saturated heterocycles. The van der Waals surface area contributed by atoms with Gasteiger partial charge >= 0.3 is 5.97 Å². The fraction of sp³-hybridized carbons (Fsp3) is 0.105. The van der Waals surface area contributed by atoms with Crippen LogP contribution in [0.5, 0.6) is 0 Å². The summed E-state index contributed by atoms with van der Waals surface area (Å²) in [5, 5.41) is 15.0. The first kappa shape index (κ1) is 14.1. The Morgan fingerprint density at radius 2 is 1.64 bits per heavy atom. The van der Waals surface area contributed by atoms with Crippen molar-refractivity contribution in [1.82, 2.24) is 0 Å². The second kappa shape index (κ2) is 5.90. The quantitative estimate of drug-likeness (QED) is 0.731. The molecule has 3 aromatic carbocycles. The predicted molar refractivity (Wildman–Crippen MR) is 89.4 cm³/mol. The fourth-order valence-corrected chi connectivity index (χ4v) is 2.73. The van der Waals surface area contributed by atoms with Gasteiger partial charge in [0.15, 0.2) is 0 Å². The molecule has 0 radical (unpaired) electrons. The second-order valence-electron chi connectivity index (χ2n) is 5.29. The van der Waals surface area contributed by atoms with Gasteiger partial charge in [-0.25, -0.2) is 4.79 Å². The topological polar surface area (TPSA) is 49.3 Å². The van der Waals surface area contributed by atoms with E-state index in [2.05, 4.69) is 29.6 Å². The SMILES string of the molecule is C[C@@H](Nc1ccccc1C(=O)O)c1cccc2ccccc12. The highest BCUT2D eigenvalue weighted by Crippen LogP contribution is 2.28. The molecule has 2 N–H and O–H groups in total. The molecule has 1 atom stereocenters. The van der Waals surface area contributed by atoms with E-state index in [4.69, 9.17) is 0 Å². The average Bonchev–Trinajstić information content (AvgIpc) is 2.54. The lowest BCUT2D eigenvalue weighted by atomic mass is 9.99. The van der Waals surface area contributed by atoms with Gasteiger partial charge in [-0.2, -0.15) is 0 Å². The highest BCUT2D eigenvalue weighted by Gasteiger charge is 2.13. The molecular weight excluding hydrogens is 274 g/mol. The van der Waals surface area contributed by atoms with E-state index < -0.39 is 5.97 Å². The lowest BCUT2D eigenvalue weighted by molar-refractivity contribution is 0.0698. The van der Waals surface area contributed by atoms with Crippen molar-refractivity contribution < 1.29 is 9.90 Å². The molecule has 0 fully saturated rings. The summed E-state index contributed by atoms with van der Waals surface area (Å²) >= 11 is 0. The first-order chi connectivity index (χ1) is 10.7. The van der Waals surface area contributed by atoms with Crippen LogP contribution >= 0.6 is 0 Å². The maximum Gasteiger partial charge on any atom is 0.337 e. The standard InChI is InChI=1S/C19H17NO2/c1-13(20-18-12-5-4-10-17(18)19(21)22)15-11-6-8-14-7-2-3-9-16(14)15/h2-13,20H,1H3,(H,21,22)/t13-/m1/s1. The monoisotopic (exact) mass is 291 g/mol. The number of benzene rings is 3. The third-order valence-corrected chi connectivity index (χ3v) is 3.82. The minimum atomic E-state index is -0.923. The molecule has 0 heterocycles. The molecular formula is C19H17NO2. The van der Waals surface area contributed by atoms with Crippen LogP contribution in [0.4, 0.5) is 5.69 Å². The van der Waals surface area contributed by atoms with Gasteiger partial charge in [-0.15, -0.1) is 0 Å². The smallest absolute Gasteiger partial charge is 0.337 e. The molecule has 3 rings (SSSR count). The third kappa shape index (κ3) is 2.66. The first-order valence-corrected chi connectivity index (χ1v) is 7.23. The van der Waals surface area contributed by atoms with Crippen LogP contribution in [-0.4, -0.2) is 11.1 Å². The zero-order valence-electron chi connectivity index (χ0n) is 12.3. The summed E-state index contributed by atoms with van der Waals surface area (Å²) in [6.07, 6.45) is 0. The van der Waals surface area contributed by atoms with E-state index in [-0.39, 0.29) is 11.6 Å². The number of carboxylic acid groups (broad SMARTS) is 1. The number of carbonyl (C=O) groups is 1. The van der Waals surface area contributed by atoms with E-state index in [1.54, 1.807) is 18.2 Å². The maximum atomic E-state index is 11.3. The molecule has 3 nitrogen and oxygen atoms in total. The van der Waals surface area contributed by atoms with Crippen molar-refractivity contribution in [2.75, 3.05) is 5.32 Å². The Morgan fingerprint density at radius 3 is 2.45 bits per heavy atom. The molecule has 0 unspecified atom stereocenters. The normalized spacial score (nSPS) is 12.0. The number of aromatic carboxylic acids is 1. The van der Waals surface area contributed by atoms with Crippen LogP contribution in [0.3, 0.4) is 0 Å². The van der Waals surface area contributed by atoms with Crippen LogP contribution in [-0.2, 0) is 0 Å². The number of nitrogens with one attached hydrogen (secondary N) is 1. The molecule has 0 aliphatic rings. The highest BCUT2D eigenvalue weighted by molar-refractivity contribution is 5.94. The summed E-state index contributed by atoms with van der Waals surface area (Å²) in [5.74, 6) is -0.923. The van der Waals surface area contributed by atoms with E-state index in [1.807, 2.05) is 31.2 Å². The fourth-order valence-electron chi connectivity index (χ4n) is 2.73. The Hall–Kier alpha value is -2.81. The van der Waals surface area contributed by atoms with Gasteiger partial charge in [-0.1, -0.05) is 54.6 Å². The van der Waals surface area contributed by atoms with Crippen LogP contribution in [0.1, 0.15) is 28.9 Å². The number of rotatable bonds is 4. The Morgan fingerprint density at radius 1 is 0.955 bits per heavy atom. The Labute approximate surface area is 129 Å². The molecule has 110 valence electrons. The molecule has 3 aromatic rings. The Kier molecular flexibility index (Phi) is 3.79. The van der Waals surface area contributed by atoms with Gasteiger partial charge in [0.05, 0.1) is 5.56 Å². The summed E-state index contributed by atoms with van der Waals surface area (Å²) in [6, 6.07) is 21.4. The van der Waals surface area contributed by atoms with Gasteiger partial charge in [0, 0.05) is 11.7 Å². The molecule has 0 saturated carbocycles. The van der Waals surface area contributed by atoms with Crippen molar-refractivity contribution in [3.05, 3.63) is 77.9 Å². The molecule has 0 aromatic heterocycles. The van der Waals surface area contributed by atoms with Crippen LogP contribution in [0.2, 0.25) is 0 Å².